The van der Waals surface area contributed by atoms with Crippen molar-refractivity contribution in [2.75, 3.05) is 20.2 Å². The summed E-state index contributed by atoms with van der Waals surface area (Å²) in [6, 6.07) is 12.9. The molecule has 0 amide bonds. The van der Waals surface area contributed by atoms with E-state index in [1.807, 2.05) is 6.07 Å². The normalized spacial score (nSPS) is 14.7. The van der Waals surface area contributed by atoms with E-state index in [-0.39, 0.29) is 0 Å². The minimum atomic E-state index is 0.941. The van der Waals surface area contributed by atoms with Crippen molar-refractivity contribution in [1.82, 2.24) is 5.32 Å². The van der Waals surface area contributed by atoms with Crippen LogP contribution in [0.4, 0.5) is 0 Å². The van der Waals surface area contributed by atoms with Gasteiger partial charge in [-0.2, -0.15) is 0 Å². The number of aryl methyl sites for hydroxylation is 1. The van der Waals surface area contributed by atoms with Gasteiger partial charge >= 0.3 is 0 Å². The Balaban J connectivity index is 1.63. The Morgan fingerprint density at radius 1 is 1.20 bits per heavy atom. The van der Waals surface area contributed by atoms with Crippen LogP contribution < -0.4 is 10.1 Å². The van der Waals surface area contributed by atoms with Crippen LogP contribution in [0.25, 0.3) is 10.8 Å². The van der Waals surface area contributed by atoms with Gasteiger partial charge in [0.15, 0.2) is 0 Å². The van der Waals surface area contributed by atoms with E-state index < -0.39 is 0 Å². The number of benzene rings is 2. The van der Waals surface area contributed by atoms with Gasteiger partial charge in [0.2, 0.25) is 0 Å². The first-order valence-electron chi connectivity index (χ1n) is 7.63. The zero-order valence-corrected chi connectivity index (χ0v) is 12.2. The lowest BCUT2D eigenvalue weighted by Crippen LogP contribution is -2.18. The maximum Gasteiger partial charge on any atom is 0.119 e. The number of ether oxygens (including phenoxy) is 1. The molecule has 106 valence electrons. The van der Waals surface area contributed by atoms with Crippen LogP contribution in [0.2, 0.25) is 0 Å². The second kappa shape index (κ2) is 6.27. The molecule has 0 aliphatic heterocycles. The summed E-state index contributed by atoms with van der Waals surface area (Å²) < 4.78 is 5.34. The van der Waals surface area contributed by atoms with Crippen LogP contribution in [0.1, 0.15) is 24.8 Å². The maximum atomic E-state index is 5.34. The van der Waals surface area contributed by atoms with Crippen molar-refractivity contribution in [2.24, 2.45) is 5.92 Å². The monoisotopic (exact) mass is 269 g/mol. The molecule has 0 radical (unpaired) electrons. The van der Waals surface area contributed by atoms with E-state index in [1.54, 1.807) is 7.11 Å². The predicted molar refractivity (Wildman–Crippen MR) is 84.4 cm³/mol. The molecule has 1 fully saturated rings. The minimum absolute atomic E-state index is 0.941. The molecule has 0 saturated heterocycles. The van der Waals surface area contributed by atoms with Gasteiger partial charge in [-0.3, -0.25) is 0 Å². The molecule has 2 aromatic rings. The first kappa shape index (κ1) is 13.4. The molecule has 1 aliphatic rings. The highest BCUT2D eigenvalue weighted by Crippen LogP contribution is 2.27. The Morgan fingerprint density at radius 3 is 2.90 bits per heavy atom. The van der Waals surface area contributed by atoms with Crippen LogP contribution in [-0.4, -0.2) is 20.2 Å². The Morgan fingerprint density at radius 2 is 2.10 bits per heavy atom. The van der Waals surface area contributed by atoms with E-state index in [0.717, 1.165) is 24.6 Å². The fourth-order valence-corrected chi connectivity index (χ4v) is 2.69. The molecule has 0 bridgehead atoms. The average Bonchev–Trinajstić information content (AvgIpc) is 3.31. The third-order valence-electron chi connectivity index (χ3n) is 4.11. The smallest absolute Gasteiger partial charge is 0.119 e. The van der Waals surface area contributed by atoms with E-state index in [1.165, 1.54) is 42.1 Å². The average molecular weight is 269 g/mol. The third kappa shape index (κ3) is 3.31. The van der Waals surface area contributed by atoms with Crippen molar-refractivity contribution in [3.05, 3.63) is 42.0 Å². The van der Waals surface area contributed by atoms with Gasteiger partial charge in [-0.25, -0.2) is 0 Å². The van der Waals surface area contributed by atoms with Gasteiger partial charge in [0.25, 0.3) is 0 Å². The molecule has 0 atom stereocenters. The first-order chi connectivity index (χ1) is 9.86. The summed E-state index contributed by atoms with van der Waals surface area (Å²) in [6.45, 7) is 2.33. The SMILES string of the molecule is COc1ccc2cccc(CCCNCC3CC3)c2c1. The summed E-state index contributed by atoms with van der Waals surface area (Å²) in [5.74, 6) is 1.91. The van der Waals surface area contributed by atoms with Crippen molar-refractivity contribution in [2.45, 2.75) is 25.7 Å². The molecule has 0 spiro atoms. The Hall–Kier alpha value is -1.54. The molecule has 1 N–H and O–H groups in total. The van der Waals surface area contributed by atoms with Crippen LogP contribution in [-0.2, 0) is 6.42 Å². The van der Waals surface area contributed by atoms with Gasteiger partial charge in [-0.1, -0.05) is 24.3 Å². The molecule has 2 aromatic carbocycles. The standard InChI is InChI=1S/C18H23NO/c1-20-17-10-9-16-5-2-4-15(18(16)12-17)6-3-11-19-13-14-7-8-14/h2,4-5,9-10,12,14,19H,3,6-8,11,13H2,1H3. The molecule has 0 heterocycles. The lowest BCUT2D eigenvalue weighted by molar-refractivity contribution is 0.415. The van der Waals surface area contributed by atoms with Crippen molar-refractivity contribution in [1.29, 1.82) is 0 Å². The molecule has 3 rings (SSSR count). The van der Waals surface area contributed by atoms with Gasteiger partial charge in [-0.15, -0.1) is 0 Å². The Bertz CT molecular complexity index is 575. The zero-order chi connectivity index (χ0) is 13.8. The fraction of sp³-hybridized carbons (Fsp3) is 0.444. The molecule has 0 unspecified atom stereocenters. The fourth-order valence-electron chi connectivity index (χ4n) is 2.69. The predicted octanol–water partition coefficient (Wildman–Crippen LogP) is 3.78. The van der Waals surface area contributed by atoms with Gasteiger partial charge in [0.1, 0.15) is 5.75 Å². The highest BCUT2D eigenvalue weighted by Gasteiger charge is 2.19. The van der Waals surface area contributed by atoms with Crippen LogP contribution >= 0.6 is 0 Å². The zero-order valence-electron chi connectivity index (χ0n) is 12.2. The van der Waals surface area contributed by atoms with E-state index in [4.69, 9.17) is 4.74 Å². The summed E-state index contributed by atoms with van der Waals surface area (Å²) in [7, 11) is 1.73. The van der Waals surface area contributed by atoms with Crippen molar-refractivity contribution >= 4 is 10.8 Å². The number of hydrogen-bond acceptors (Lipinski definition) is 2. The van der Waals surface area contributed by atoms with Gasteiger partial charge in [0.05, 0.1) is 7.11 Å². The van der Waals surface area contributed by atoms with E-state index in [2.05, 4.69) is 35.6 Å². The van der Waals surface area contributed by atoms with Crippen molar-refractivity contribution in [3.8, 4) is 5.75 Å². The van der Waals surface area contributed by atoms with Crippen LogP contribution in [0.5, 0.6) is 5.75 Å². The molecule has 2 heteroatoms. The lowest BCUT2D eigenvalue weighted by Gasteiger charge is -2.09. The highest BCUT2D eigenvalue weighted by atomic mass is 16.5. The van der Waals surface area contributed by atoms with Crippen LogP contribution in [0, 0.1) is 5.92 Å². The summed E-state index contributed by atoms with van der Waals surface area (Å²) >= 11 is 0. The second-order valence-electron chi connectivity index (χ2n) is 5.76. The molecular formula is C18H23NO. The van der Waals surface area contributed by atoms with E-state index >= 15 is 0 Å². The molecule has 1 aliphatic carbocycles. The minimum Gasteiger partial charge on any atom is -0.497 e. The number of rotatable bonds is 7. The molecule has 0 aromatic heterocycles. The van der Waals surface area contributed by atoms with Gasteiger partial charge < -0.3 is 10.1 Å². The number of nitrogens with one attached hydrogen (secondary N) is 1. The maximum absolute atomic E-state index is 5.34. The van der Waals surface area contributed by atoms with Gasteiger partial charge in [-0.05, 0) is 73.2 Å². The number of methoxy groups -OCH3 is 1. The Labute approximate surface area is 121 Å². The molecule has 20 heavy (non-hydrogen) atoms. The summed E-state index contributed by atoms with van der Waals surface area (Å²) in [4.78, 5) is 0. The highest BCUT2D eigenvalue weighted by molar-refractivity contribution is 5.87. The largest absolute Gasteiger partial charge is 0.497 e. The molecule has 1 saturated carbocycles. The molecule has 2 nitrogen and oxygen atoms in total. The molecular weight excluding hydrogens is 246 g/mol. The lowest BCUT2D eigenvalue weighted by atomic mass is 10.0. The number of fused-ring (bicyclic) bond motifs is 1. The second-order valence-corrected chi connectivity index (χ2v) is 5.76. The number of hydrogen-bond donors (Lipinski definition) is 1. The van der Waals surface area contributed by atoms with E-state index in [0.29, 0.717) is 0 Å². The first-order valence-corrected chi connectivity index (χ1v) is 7.63. The topological polar surface area (TPSA) is 21.3 Å². The van der Waals surface area contributed by atoms with Gasteiger partial charge in [0, 0.05) is 0 Å². The van der Waals surface area contributed by atoms with Crippen molar-refractivity contribution < 1.29 is 4.74 Å². The summed E-state index contributed by atoms with van der Waals surface area (Å²) in [5, 5.41) is 6.19. The summed E-state index contributed by atoms with van der Waals surface area (Å²) in [6.07, 6.45) is 5.18. The summed E-state index contributed by atoms with van der Waals surface area (Å²) in [5.41, 5.74) is 1.43. The quantitative estimate of drug-likeness (QED) is 0.772. The van der Waals surface area contributed by atoms with E-state index in [9.17, 15) is 0 Å². The third-order valence-corrected chi connectivity index (χ3v) is 4.11. The van der Waals surface area contributed by atoms with Crippen LogP contribution in [0.3, 0.4) is 0 Å². The van der Waals surface area contributed by atoms with Crippen LogP contribution in [0.15, 0.2) is 36.4 Å². The Kier molecular flexibility index (Phi) is 4.22. The van der Waals surface area contributed by atoms with Crippen molar-refractivity contribution in [3.63, 3.8) is 0 Å².